The maximum Gasteiger partial charge on any atom is 0.273 e. The third kappa shape index (κ3) is 5.22. The van der Waals surface area contributed by atoms with Gasteiger partial charge in [-0.2, -0.15) is 0 Å². The van der Waals surface area contributed by atoms with Crippen molar-refractivity contribution in [3.63, 3.8) is 0 Å². The molecule has 3 aromatic rings. The Bertz CT molecular complexity index is 1030. The van der Waals surface area contributed by atoms with Gasteiger partial charge in [-0.05, 0) is 24.5 Å². The van der Waals surface area contributed by atoms with Crippen molar-refractivity contribution in [2.24, 2.45) is 0 Å². The van der Waals surface area contributed by atoms with E-state index in [1.54, 1.807) is 44.6 Å². The van der Waals surface area contributed by atoms with Gasteiger partial charge >= 0.3 is 0 Å². The van der Waals surface area contributed by atoms with Crippen LogP contribution in [0.2, 0.25) is 0 Å². The number of thioether (sulfide) groups is 1. The van der Waals surface area contributed by atoms with E-state index in [4.69, 9.17) is 9.47 Å². The van der Waals surface area contributed by atoms with Gasteiger partial charge in [-0.3, -0.25) is 4.79 Å². The largest absolute Gasteiger partial charge is 0.497 e. The van der Waals surface area contributed by atoms with Crippen LogP contribution in [0, 0.1) is 5.82 Å². The van der Waals surface area contributed by atoms with E-state index in [2.05, 4.69) is 15.6 Å². The molecule has 0 bridgehead atoms. The number of hydrogen-bond acceptors (Lipinski definition) is 7. The number of halogens is 1. The first-order valence-corrected chi connectivity index (χ1v) is 11.1. The lowest BCUT2D eigenvalue weighted by Crippen LogP contribution is -2.24. The van der Waals surface area contributed by atoms with Crippen LogP contribution in [0.3, 0.4) is 0 Å². The van der Waals surface area contributed by atoms with Crippen LogP contribution in [0.15, 0.2) is 46.8 Å². The number of methoxy groups -OCH3 is 2. The molecule has 0 spiro atoms. The molecule has 0 saturated carbocycles. The number of ether oxygens (including phenoxy) is 2. The predicted molar refractivity (Wildman–Crippen MR) is 118 cm³/mol. The van der Waals surface area contributed by atoms with Crippen molar-refractivity contribution in [3.05, 3.63) is 65.1 Å². The van der Waals surface area contributed by atoms with Crippen molar-refractivity contribution >= 4 is 34.0 Å². The first-order chi connectivity index (χ1) is 14.5. The van der Waals surface area contributed by atoms with Gasteiger partial charge in [0.05, 0.1) is 14.2 Å². The van der Waals surface area contributed by atoms with Gasteiger partial charge in [0, 0.05) is 30.3 Å². The SMILES string of the molecule is COc1ccc(CNC(=O)c2nc(SC)sc2NCc2ccccc2F)c(OC)c1. The first-order valence-electron chi connectivity index (χ1n) is 9.07. The third-order valence-electron chi connectivity index (χ3n) is 4.33. The highest BCUT2D eigenvalue weighted by Gasteiger charge is 2.19. The highest BCUT2D eigenvalue weighted by atomic mass is 32.2. The number of carbonyl (C=O) groups is 1. The summed E-state index contributed by atoms with van der Waals surface area (Å²) in [7, 11) is 3.15. The van der Waals surface area contributed by atoms with Crippen LogP contribution in [0.1, 0.15) is 21.6 Å². The van der Waals surface area contributed by atoms with Gasteiger partial charge in [0.25, 0.3) is 5.91 Å². The van der Waals surface area contributed by atoms with E-state index < -0.39 is 0 Å². The minimum atomic E-state index is -0.319. The molecule has 0 fully saturated rings. The van der Waals surface area contributed by atoms with Crippen LogP contribution < -0.4 is 20.1 Å². The normalized spacial score (nSPS) is 10.5. The molecule has 0 atom stereocenters. The van der Waals surface area contributed by atoms with Crippen LogP contribution in [-0.4, -0.2) is 31.4 Å². The molecule has 0 unspecified atom stereocenters. The van der Waals surface area contributed by atoms with Gasteiger partial charge in [-0.25, -0.2) is 9.37 Å². The number of nitrogens with one attached hydrogen (secondary N) is 2. The van der Waals surface area contributed by atoms with Crippen LogP contribution >= 0.6 is 23.1 Å². The Labute approximate surface area is 182 Å². The maximum absolute atomic E-state index is 13.9. The average Bonchev–Trinajstić information content (AvgIpc) is 3.20. The zero-order valence-corrected chi connectivity index (χ0v) is 18.5. The van der Waals surface area contributed by atoms with Crippen molar-refractivity contribution < 1.29 is 18.7 Å². The number of thiazole rings is 1. The summed E-state index contributed by atoms with van der Waals surface area (Å²) in [4.78, 5) is 17.2. The highest BCUT2D eigenvalue weighted by Crippen LogP contribution is 2.31. The van der Waals surface area contributed by atoms with E-state index in [1.807, 2.05) is 12.3 Å². The van der Waals surface area contributed by atoms with E-state index in [1.165, 1.54) is 29.2 Å². The monoisotopic (exact) mass is 447 g/mol. The summed E-state index contributed by atoms with van der Waals surface area (Å²) in [6.45, 7) is 0.528. The minimum absolute atomic E-state index is 0.259. The molecule has 0 aliphatic rings. The molecule has 3 rings (SSSR count). The smallest absolute Gasteiger partial charge is 0.273 e. The van der Waals surface area contributed by atoms with Crippen LogP contribution in [-0.2, 0) is 13.1 Å². The number of hydrogen-bond donors (Lipinski definition) is 2. The molecular weight excluding hydrogens is 425 g/mol. The number of anilines is 1. The number of amides is 1. The average molecular weight is 448 g/mol. The van der Waals surface area contributed by atoms with Crippen LogP contribution in [0.5, 0.6) is 11.5 Å². The molecule has 1 heterocycles. The van der Waals surface area contributed by atoms with Gasteiger partial charge in [0.1, 0.15) is 22.3 Å². The second-order valence-corrected chi connectivity index (χ2v) is 8.22. The zero-order chi connectivity index (χ0) is 21.5. The van der Waals surface area contributed by atoms with Crippen molar-refractivity contribution in [2.75, 3.05) is 25.8 Å². The highest BCUT2D eigenvalue weighted by molar-refractivity contribution is 8.00. The Kier molecular flexibility index (Phi) is 7.53. The van der Waals surface area contributed by atoms with E-state index in [9.17, 15) is 9.18 Å². The number of nitrogens with zero attached hydrogens (tertiary/aromatic N) is 1. The number of benzene rings is 2. The zero-order valence-electron chi connectivity index (χ0n) is 16.8. The molecule has 2 N–H and O–H groups in total. The van der Waals surface area contributed by atoms with Gasteiger partial charge in [0.15, 0.2) is 10.0 Å². The molecule has 0 radical (unpaired) electrons. The topological polar surface area (TPSA) is 72.5 Å². The van der Waals surface area contributed by atoms with E-state index in [-0.39, 0.29) is 30.5 Å². The molecule has 6 nitrogen and oxygen atoms in total. The number of rotatable bonds is 9. The second-order valence-electron chi connectivity index (χ2n) is 6.17. The summed E-state index contributed by atoms with van der Waals surface area (Å²) >= 11 is 2.81. The summed E-state index contributed by atoms with van der Waals surface area (Å²) in [5.41, 5.74) is 1.62. The molecule has 158 valence electrons. The fourth-order valence-corrected chi connectivity index (χ4v) is 4.19. The summed E-state index contributed by atoms with van der Waals surface area (Å²) in [5, 5.41) is 6.62. The van der Waals surface area contributed by atoms with Crippen molar-refractivity contribution in [2.45, 2.75) is 17.4 Å². The van der Waals surface area contributed by atoms with Gasteiger partial charge < -0.3 is 20.1 Å². The fraction of sp³-hybridized carbons (Fsp3) is 0.238. The van der Waals surface area contributed by atoms with E-state index >= 15 is 0 Å². The molecule has 2 aromatic carbocycles. The fourth-order valence-electron chi connectivity index (χ4n) is 2.74. The van der Waals surface area contributed by atoms with Gasteiger partial charge in [-0.1, -0.05) is 41.3 Å². The summed E-state index contributed by atoms with van der Waals surface area (Å²) in [6.07, 6.45) is 1.89. The molecule has 0 aliphatic heterocycles. The van der Waals surface area contributed by atoms with Crippen molar-refractivity contribution in [1.82, 2.24) is 10.3 Å². The third-order valence-corrected chi connectivity index (χ3v) is 6.33. The lowest BCUT2D eigenvalue weighted by atomic mass is 10.2. The lowest BCUT2D eigenvalue weighted by molar-refractivity contribution is 0.0946. The Balaban J connectivity index is 1.72. The Hall–Kier alpha value is -2.78. The summed E-state index contributed by atoms with van der Waals surface area (Å²) in [6, 6.07) is 11.9. The molecule has 30 heavy (non-hydrogen) atoms. The van der Waals surface area contributed by atoms with Crippen LogP contribution in [0.4, 0.5) is 9.39 Å². The molecule has 0 saturated heterocycles. The molecular formula is C21H22FN3O3S2. The first kappa shape index (κ1) is 21.9. The molecule has 1 amide bonds. The Morgan fingerprint density at radius 2 is 1.93 bits per heavy atom. The van der Waals surface area contributed by atoms with E-state index in [0.29, 0.717) is 22.1 Å². The second kappa shape index (κ2) is 10.3. The molecule has 0 aliphatic carbocycles. The van der Waals surface area contributed by atoms with Crippen LogP contribution in [0.25, 0.3) is 0 Å². The standard InChI is InChI=1S/C21H22FN3O3S2/c1-27-15-9-8-14(17(10-15)28-2)12-23-19(26)18-20(30-21(25-18)29-3)24-11-13-6-4-5-7-16(13)22/h4-10,24H,11-12H2,1-3H3,(H,23,26). The van der Waals surface area contributed by atoms with Gasteiger partial charge in [0.2, 0.25) is 0 Å². The summed E-state index contributed by atoms with van der Waals surface area (Å²) < 4.78 is 25.2. The molecule has 1 aromatic heterocycles. The minimum Gasteiger partial charge on any atom is -0.497 e. The number of carbonyl (C=O) groups excluding carboxylic acids is 1. The van der Waals surface area contributed by atoms with Gasteiger partial charge in [-0.15, -0.1) is 0 Å². The Morgan fingerprint density at radius 1 is 1.13 bits per heavy atom. The number of aromatic nitrogens is 1. The lowest BCUT2D eigenvalue weighted by Gasteiger charge is -2.11. The Morgan fingerprint density at radius 3 is 2.63 bits per heavy atom. The maximum atomic E-state index is 13.9. The predicted octanol–water partition coefficient (Wildman–Crippen LogP) is 4.56. The molecule has 9 heteroatoms. The van der Waals surface area contributed by atoms with Crippen molar-refractivity contribution in [3.8, 4) is 11.5 Å². The quantitative estimate of drug-likeness (QED) is 0.469. The summed E-state index contributed by atoms with van der Waals surface area (Å²) in [5.74, 6) is 0.680. The van der Waals surface area contributed by atoms with E-state index in [0.717, 1.165) is 9.90 Å². The van der Waals surface area contributed by atoms with Crippen molar-refractivity contribution in [1.29, 1.82) is 0 Å².